The number of aryl methyl sites for hydroxylation is 1. The van der Waals surface area contributed by atoms with Gasteiger partial charge in [-0.15, -0.1) is 10.2 Å². The molecule has 84 valence electrons. The molecule has 5 nitrogen and oxygen atoms in total. The number of aromatic nitrogens is 4. The lowest BCUT2D eigenvalue weighted by molar-refractivity contribution is 0.575. The Hall–Kier alpha value is -2.05. The Kier molecular flexibility index (Phi) is 2.76. The minimum Gasteiger partial charge on any atom is -0.360 e. The van der Waals surface area contributed by atoms with Crippen LogP contribution in [0.25, 0.3) is 0 Å². The van der Waals surface area contributed by atoms with E-state index in [1.54, 1.807) is 11.6 Å². The van der Waals surface area contributed by atoms with Crippen molar-refractivity contribution in [3.8, 4) is 0 Å². The Balaban J connectivity index is 2.08. The lowest BCUT2D eigenvalue weighted by Crippen LogP contribution is -2.08. The summed E-state index contributed by atoms with van der Waals surface area (Å²) in [6.45, 7) is 0.270. The molecule has 0 aliphatic rings. The third kappa shape index (κ3) is 2.13. The smallest absolute Gasteiger partial charge is 0.168 e. The van der Waals surface area contributed by atoms with E-state index < -0.39 is 11.6 Å². The lowest BCUT2D eigenvalue weighted by atomic mass is 10.4. The maximum absolute atomic E-state index is 13.2. The topological polar surface area (TPSA) is 55.6 Å². The molecule has 16 heavy (non-hydrogen) atoms. The molecule has 0 radical (unpaired) electrons. The molecule has 0 amide bonds. The van der Waals surface area contributed by atoms with E-state index >= 15 is 0 Å². The quantitative estimate of drug-likeness (QED) is 0.849. The zero-order valence-electron chi connectivity index (χ0n) is 8.48. The first-order chi connectivity index (χ1) is 7.66. The van der Waals surface area contributed by atoms with Crippen LogP contribution >= 0.6 is 0 Å². The Labute approximate surface area is 90.1 Å². The molecule has 0 bridgehead atoms. The predicted molar refractivity (Wildman–Crippen MR) is 52.5 cm³/mol. The van der Waals surface area contributed by atoms with Gasteiger partial charge in [0.15, 0.2) is 17.5 Å². The summed E-state index contributed by atoms with van der Waals surface area (Å²) >= 11 is 0. The van der Waals surface area contributed by atoms with Crippen molar-refractivity contribution in [2.75, 3.05) is 5.32 Å². The Morgan fingerprint density at radius 2 is 2.25 bits per heavy atom. The first-order valence-corrected chi connectivity index (χ1v) is 4.54. The van der Waals surface area contributed by atoms with Crippen LogP contribution in [-0.4, -0.2) is 19.7 Å². The summed E-state index contributed by atoms with van der Waals surface area (Å²) in [6.07, 6.45) is 2.48. The molecule has 7 heteroatoms. The van der Waals surface area contributed by atoms with Crippen LogP contribution in [0.5, 0.6) is 0 Å². The van der Waals surface area contributed by atoms with Crippen LogP contribution in [-0.2, 0) is 13.6 Å². The molecule has 0 aliphatic carbocycles. The first-order valence-electron chi connectivity index (χ1n) is 4.54. The molecule has 2 aromatic heterocycles. The summed E-state index contributed by atoms with van der Waals surface area (Å²) in [6, 6.07) is 0.770. The van der Waals surface area contributed by atoms with Gasteiger partial charge in [-0.1, -0.05) is 0 Å². The van der Waals surface area contributed by atoms with Gasteiger partial charge in [-0.05, 0) is 0 Å². The number of rotatable bonds is 3. The molecule has 1 N–H and O–H groups in total. The van der Waals surface area contributed by atoms with Crippen molar-refractivity contribution >= 4 is 5.82 Å². The van der Waals surface area contributed by atoms with Gasteiger partial charge in [0.2, 0.25) is 0 Å². The van der Waals surface area contributed by atoms with Gasteiger partial charge in [-0.25, -0.2) is 13.8 Å². The molecule has 0 saturated heterocycles. The second kappa shape index (κ2) is 4.21. The fraction of sp³-hybridized carbons (Fsp3) is 0.222. The van der Waals surface area contributed by atoms with E-state index in [9.17, 15) is 8.78 Å². The summed E-state index contributed by atoms with van der Waals surface area (Å²) in [5, 5.41) is 10.2. The van der Waals surface area contributed by atoms with Crippen molar-refractivity contribution in [3.05, 3.63) is 36.0 Å². The third-order valence-corrected chi connectivity index (χ3v) is 2.03. The van der Waals surface area contributed by atoms with Gasteiger partial charge in [-0.3, -0.25) is 0 Å². The van der Waals surface area contributed by atoms with Gasteiger partial charge < -0.3 is 9.88 Å². The zero-order chi connectivity index (χ0) is 11.5. The van der Waals surface area contributed by atoms with Crippen molar-refractivity contribution in [2.45, 2.75) is 6.54 Å². The van der Waals surface area contributed by atoms with Crippen molar-refractivity contribution in [3.63, 3.8) is 0 Å². The van der Waals surface area contributed by atoms with Gasteiger partial charge >= 0.3 is 0 Å². The molecule has 2 aromatic rings. The normalized spacial score (nSPS) is 10.4. The van der Waals surface area contributed by atoms with E-state index in [2.05, 4.69) is 20.5 Å². The van der Waals surface area contributed by atoms with Crippen molar-refractivity contribution in [1.29, 1.82) is 0 Å². The average molecular weight is 225 g/mol. The first kappa shape index (κ1) is 10.5. The SMILES string of the molecule is Cn1cnnc1CNc1ncc(F)cc1F. The van der Waals surface area contributed by atoms with Gasteiger partial charge in [-0.2, -0.15) is 0 Å². The standard InChI is InChI=1S/C9H9F2N5/c1-16-5-14-15-8(16)4-13-9-7(11)2-6(10)3-12-9/h2-3,5H,4H2,1H3,(H,12,13). The summed E-state index contributed by atoms with van der Waals surface area (Å²) < 4.78 is 27.4. The van der Waals surface area contributed by atoms with Crippen molar-refractivity contribution in [2.24, 2.45) is 7.05 Å². The number of nitrogens with zero attached hydrogens (tertiary/aromatic N) is 4. The molecule has 0 fully saturated rings. The molecule has 2 heterocycles. The number of pyridine rings is 1. The highest BCUT2D eigenvalue weighted by Crippen LogP contribution is 2.11. The molecule has 0 aliphatic heterocycles. The van der Waals surface area contributed by atoms with Crippen LogP contribution in [0, 0.1) is 11.6 Å². The largest absolute Gasteiger partial charge is 0.360 e. The Bertz CT molecular complexity index is 496. The summed E-state index contributed by atoms with van der Waals surface area (Å²) in [4.78, 5) is 3.59. The molecule has 0 saturated carbocycles. The van der Waals surface area contributed by atoms with Crippen LogP contribution in [0.4, 0.5) is 14.6 Å². The number of halogens is 2. The van der Waals surface area contributed by atoms with Crippen LogP contribution in [0.3, 0.4) is 0 Å². The van der Waals surface area contributed by atoms with Gasteiger partial charge in [0, 0.05) is 13.1 Å². The van der Waals surface area contributed by atoms with E-state index in [0.29, 0.717) is 5.82 Å². The maximum Gasteiger partial charge on any atom is 0.168 e. The number of anilines is 1. The average Bonchev–Trinajstić information content (AvgIpc) is 2.63. The molecular formula is C9H9F2N5. The molecule has 0 aromatic carbocycles. The molecular weight excluding hydrogens is 216 g/mol. The van der Waals surface area contributed by atoms with E-state index in [1.807, 2.05) is 0 Å². The monoisotopic (exact) mass is 225 g/mol. The molecule has 0 spiro atoms. The lowest BCUT2D eigenvalue weighted by Gasteiger charge is -2.05. The van der Waals surface area contributed by atoms with Gasteiger partial charge in [0.05, 0.1) is 12.7 Å². The summed E-state index contributed by atoms with van der Waals surface area (Å²) in [5.41, 5.74) is 0. The van der Waals surface area contributed by atoms with E-state index in [4.69, 9.17) is 0 Å². The fourth-order valence-corrected chi connectivity index (χ4v) is 1.17. The predicted octanol–water partition coefficient (Wildman–Crippen LogP) is 1.10. The van der Waals surface area contributed by atoms with Crippen molar-refractivity contribution in [1.82, 2.24) is 19.7 Å². The zero-order valence-corrected chi connectivity index (χ0v) is 8.48. The minimum absolute atomic E-state index is 0.00981. The summed E-state index contributed by atoms with van der Waals surface area (Å²) in [7, 11) is 1.77. The highest BCUT2D eigenvalue weighted by molar-refractivity contribution is 5.35. The molecule has 2 rings (SSSR count). The maximum atomic E-state index is 13.2. The third-order valence-electron chi connectivity index (χ3n) is 2.03. The number of nitrogens with one attached hydrogen (secondary N) is 1. The number of hydrogen-bond acceptors (Lipinski definition) is 4. The van der Waals surface area contributed by atoms with Crippen LogP contribution in [0.15, 0.2) is 18.6 Å². The van der Waals surface area contributed by atoms with Crippen molar-refractivity contribution < 1.29 is 8.78 Å². The molecule has 0 atom stereocenters. The second-order valence-corrected chi connectivity index (χ2v) is 3.20. The highest BCUT2D eigenvalue weighted by atomic mass is 19.1. The van der Waals surface area contributed by atoms with Gasteiger partial charge in [0.25, 0.3) is 0 Å². The van der Waals surface area contributed by atoms with Crippen LogP contribution < -0.4 is 5.32 Å². The van der Waals surface area contributed by atoms with Crippen LogP contribution in [0.2, 0.25) is 0 Å². The molecule has 0 unspecified atom stereocenters. The second-order valence-electron chi connectivity index (χ2n) is 3.20. The Morgan fingerprint density at radius 3 is 2.88 bits per heavy atom. The Morgan fingerprint density at radius 1 is 1.44 bits per heavy atom. The minimum atomic E-state index is -0.734. The van der Waals surface area contributed by atoms with Crippen LogP contribution in [0.1, 0.15) is 5.82 Å². The number of hydrogen-bond donors (Lipinski definition) is 1. The highest BCUT2D eigenvalue weighted by Gasteiger charge is 2.06. The van der Waals surface area contributed by atoms with E-state index in [1.165, 1.54) is 6.33 Å². The fourth-order valence-electron chi connectivity index (χ4n) is 1.17. The summed E-state index contributed by atoms with van der Waals surface area (Å²) in [5.74, 6) is -0.821. The van der Waals surface area contributed by atoms with E-state index in [-0.39, 0.29) is 12.4 Å². The van der Waals surface area contributed by atoms with Gasteiger partial charge in [0.1, 0.15) is 12.1 Å². The van der Waals surface area contributed by atoms with E-state index in [0.717, 1.165) is 12.3 Å².